The van der Waals surface area contributed by atoms with Crippen molar-refractivity contribution in [2.45, 2.75) is 51.1 Å². The summed E-state index contributed by atoms with van der Waals surface area (Å²) in [7, 11) is 2.19. The fourth-order valence-corrected chi connectivity index (χ4v) is 4.77. The number of likely N-dealkylation sites (tertiary alicyclic amines) is 1. The molecule has 9 nitrogen and oxygen atoms in total. The average molecular weight is 582 g/mol. The monoisotopic (exact) mass is 581 g/mol. The number of carbonyl (C=O) groups excluding carboxylic acids is 1. The van der Waals surface area contributed by atoms with Gasteiger partial charge < -0.3 is 19.5 Å². The zero-order valence-electron chi connectivity index (χ0n) is 21.6. The van der Waals surface area contributed by atoms with Gasteiger partial charge in [-0.3, -0.25) is 14.7 Å². The van der Waals surface area contributed by atoms with E-state index in [2.05, 4.69) is 16.9 Å². The van der Waals surface area contributed by atoms with E-state index in [0.717, 1.165) is 31.0 Å². The topological polar surface area (TPSA) is 124 Å². The molecule has 1 amide bonds. The van der Waals surface area contributed by atoms with Gasteiger partial charge in [-0.15, -0.1) is 0 Å². The first kappa shape index (κ1) is 32.6. The number of hydrogen-bond donors (Lipinski definition) is 2. The number of alkyl halides is 6. The molecule has 1 aliphatic carbocycles. The van der Waals surface area contributed by atoms with Gasteiger partial charge in [-0.05, 0) is 62.4 Å². The first-order chi connectivity index (χ1) is 18.5. The minimum atomic E-state index is -5.08. The number of nitrogens with zero attached hydrogens (tertiary/aromatic N) is 3. The van der Waals surface area contributed by atoms with E-state index in [9.17, 15) is 31.1 Å². The molecule has 222 valence electrons. The number of carbonyl (C=O) groups is 3. The molecule has 3 heterocycles. The third-order valence-electron chi connectivity index (χ3n) is 6.51. The summed E-state index contributed by atoms with van der Waals surface area (Å²) in [6.07, 6.45) is -1.28. The number of aryl methyl sites for hydroxylation is 1. The van der Waals surface area contributed by atoms with E-state index in [4.69, 9.17) is 24.2 Å². The first-order valence-corrected chi connectivity index (χ1v) is 12.0. The third-order valence-corrected chi connectivity index (χ3v) is 6.51. The molecule has 1 aliphatic heterocycles. The largest absolute Gasteiger partial charge is 0.490 e. The number of carboxylic acids is 2. The Morgan fingerprint density at radius 2 is 1.65 bits per heavy atom. The van der Waals surface area contributed by atoms with Crippen LogP contribution in [0.5, 0.6) is 0 Å². The van der Waals surface area contributed by atoms with Crippen LogP contribution in [0.15, 0.2) is 41.3 Å². The highest BCUT2D eigenvalue weighted by atomic mass is 19.4. The van der Waals surface area contributed by atoms with Crippen LogP contribution in [-0.4, -0.2) is 81.4 Å². The molecule has 40 heavy (non-hydrogen) atoms. The van der Waals surface area contributed by atoms with Gasteiger partial charge in [0.1, 0.15) is 5.76 Å². The van der Waals surface area contributed by atoms with Crippen molar-refractivity contribution >= 4 is 17.8 Å². The molecule has 2 aliphatic rings. The van der Waals surface area contributed by atoms with Crippen molar-refractivity contribution < 1.29 is 55.4 Å². The summed E-state index contributed by atoms with van der Waals surface area (Å²) in [6, 6.07) is 6.43. The molecule has 2 N–H and O–H groups in total. The lowest BCUT2D eigenvalue weighted by Crippen LogP contribution is -2.43. The number of amides is 1. The fourth-order valence-electron chi connectivity index (χ4n) is 4.77. The minimum absolute atomic E-state index is 0.128. The van der Waals surface area contributed by atoms with Crippen LogP contribution in [0, 0.1) is 18.8 Å². The van der Waals surface area contributed by atoms with E-state index < -0.39 is 24.3 Å². The summed E-state index contributed by atoms with van der Waals surface area (Å²) in [6.45, 7) is 4.54. The number of fused-ring (bicyclic) bond motifs is 1. The molecule has 0 aromatic carbocycles. The molecule has 2 aromatic heterocycles. The van der Waals surface area contributed by atoms with Crippen LogP contribution in [0.4, 0.5) is 26.3 Å². The Morgan fingerprint density at radius 1 is 1.05 bits per heavy atom. The number of aliphatic carboxylic acids is 2. The maximum atomic E-state index is 12.9. The second-order valence-corrected chi connectivity index (χ2v) is 9.48. The van der Waals surface area contributed by atoms with E-state index in [1.54, 1.807) is 18.7 Å². The van der Waals surface area contributed by atoms with E-state index >= 15 is 0 Å². The number of pyridine rings is 1. The first-order valence-electron chi connectivity index (χ1n) is 12.0. The van der Waals surface area contributed by atoms with E-state index in [1.807, 2.05) is 30.0 Å². The zero-order chi connectivity index (χ0) is 30.3. The Morgan fingerprint density at radius 3 is 2.15 bits per heavy atom. The van der Waals surface area contributed by atoms with Gasteiger partial charge in [0, 0.05) is 31.5 Å². The molecule has 1 saturated heterocycles. The van der Waals surface area contributed by atoms with E-state index in [0.29, 0.717) is 23.4 Å². The van der Waals surface area contributed by atoms with Gasteiger partial charge in [0.25, 0.3) is 5.91 Å². The smallest absolute Gasteiger partial charge is 0.475 e. The van der Waals surface area contributed by atoms with Crippen LogP contribution in [0.25, 0.3) is 0 Å². The lowest BCUT2D eigenvalue weighted by atomic mass is 9.77. The number of hydrogen-bond acceptors (Lipinski definition) is 6. The summed E-state index contributed by atoms with van der Waals surface area (Å²) in [4.78, 5) is 39.4. The molecule has 0 bridgehead atoms. The highest BCUT2D eigenvalue weighted by Crippen LogP contribution is 2.39. The van der Waals surface area contributed by atoms with Gasteiger partial charge >= 0.3 is 24.3 Å². The predicted molar refractivity (Wildman–Crippen MR) is 127 cm³/mol. The van der Waals surface area contributed by atoms with Crippen molar-refractivity contribution in [3.8, 4) is 0 Å². The number of carboxylic acid groups (broad SMARTS) is 2. The van der Waals surface area contributed by atoms with Crippen molar-refractivity contribution in [3.05, 3.63) is 53.7 Å². The molecule has 0 spiro atoms. The lowest BCUT2D eigenvalue weighted by Gasteiger charge is -2.38. The van der Waals surface area contributed by atoms with Crippen LogP contribution in [0.3, 0.4) is 0 Å². The number of halogens is 6. The standard InChI is InChI=1S/C21H27N3O2.2C2HF3O2/c1-15-9-17(11-22-10-15)21(25)24-12-16-5-3-7-20(19(16)14-24)23(2)13-18-6-4-8-26-18;2*3-2(4,5)1(6)7/h4,6,8-11,16,19-20H,3,5,7,12-14H2,1-2H3;2*(H,6,7). The van der Waals surface area contributed by atoms with Gasteiger partial charge in [-0.1, -0.05) is 6.42 Å². The Bertz CT molecular complexity index is 1110. The Hall–Kier alpha value is -3.62. The number of rotatable bonds is 4. The van der Waals surface area contributed by atoms with Crippen molar-refractivity contribution in [1.82, 2.24) is 14.8 Å². The predicted octanol–water partition coefficient (Wildman–Crippen LogP) is 4.62. The maximum Gasteiger partial charge on any atom is 0.490 e. The van der Waals surface area contributed by atoms with Crippen LogP contribution in [0.2, 0.25) is 0 Å². The van der Waals surface area contributed by atoms with Gasteiger partial charge in [0.15, 0.2) is 0 Å². The van der Waals surface area contributed by atoms with Crippen LogP contribution >= 0.6 is 0 Å². The fraction of sp³-hybridized carbons (Fsp3) is 0.520. The van der Waals surface area contributed by atoms with Gasteiger partial charge in [-0.25, -0.2) is 9.59 Å². The summed E-state index contributed by atoms with van der Waals surface area (Å²) in [5.74, 6) is -3.23. The van der Waals surface area contributed by atoms with E-state index in [1.165, 1.54) is 19.3 Å². The normalized spacial score (nSPS) is 20.5. The van der Waals surface area contributed by atoms with Crippen molar-refractivity contribution in [2.75, 3.05) is 20.1 Å². The van der Waals surface area contributed by atoms with Crippen LogP contribution in [0.1, 0.15) is 40.9 Å². The molecule has 2 fully saturated rings. The molecule has 0 radical (unpaired) electrons. The quantitative estimate of drug-likeness (QED) is 0.502. The van der Waals surface area contributed by atoms with Gasteiger partial charge in [-0.2, -0.15) is 26.3 Å². The molecule has 4 rings (SSSR count). The lowest BCUT2D eigenvalue weighted by molar-refractivity contribution is -0.193. The molecule has 1 saturated carbocycles. The highest BCUT2D eigenvalue weighted by Gasteiger charge is 2.43. The molecule has 2 aromatic rings. The second-order valence-electron chi connectivity index (χ2n) is 9.48. The van der Waals surface area contributed by atoms with Crippen molar-refractivity contribution in [1.29, 1.82) is 0 Å². The average Bonchev–Trinajstić information content (AvgIpc) is 3.52. The van der Waals surface area contributed by atoms with Crippen LogP contribution in [-0.2, 0) is 16.1 Å². The second kappa shape index (κ2) is 13.6. The SMILES string of the molecule is Cc1cncc(C(=O)N2CC3CCCC(N(C)Cc4ccco4)C3C2)c1.O=C(O)C(F)(F)F.O=C(O)C(F)(F)F. The van der Waals surface area contributed by atoms with Gasteiger partial charge in [0.2, 0.25) is 0 Å². The number of furan rings is 1. The Balaban J connectivity index is 0.000000333. The minimum Gasteiger partial charge on any atom is -0.475 e. The van der Waals surface area contributed by atoms with E-state index in [-0.39, 0.29) is 5.91 Å². The molecular weight excluding hydrogens is 552 g/mol. The summed E-state index contributed by atoms with van der Waals surface area (Å²) < 4.78 is 69.0. The third kappa shape index (κ3) is 9.54. The zero-order valence-corrected chi connectivity index (χ0v) is 21.6. The molecular formula is C25H29F6N3O6. The molecule has 3 unspecified atom stereocenters. The Labute approximate surface area is 225 Å². The van der Waals surface area contributed by atoms with Crippen molar-refractivity contribution in [3.63, 3.8) is 0 Å². The summed E-state index contributed by atoms with van der Waals surface area (Å²) in [5, 5.41) is 14.2. The highest BCUT2D eigenvalue weighted by molar-refractivity contribution is 5.94. The summed E-state index contributed by atoms with van der Waals surface area (Å²) >= 11 is 0. The maximum absolute atomic E-state index is 12.9. The molecule has 3 atom stereocenters. The number of aromatic nitrogens is 1. The van der Waals surface area contributed by atoms with Gasteiger partial charge in [0.05, 0.1) is 18.4 Å². The summed E-state index contributed by atoms with van der Waals surface area (Å²) in [5.41, 5.74) is 1.74. The molecule has 15 heteroatoms. The Kier molecular flexibility index (Phi) is 11.1. The van der Waals surface area contributed by atoms with Crippen LogP contribution < -0.4 is 0 Å². The van der Waals surface area contributed by atoms with Crippen molar-refractivity contribution in [2.24, 2.45) is 11.8 Å².